The SMILES string of the molecule is CC1(C)CC1NCC(=O)Nc1cccc(Br)c1. The summed E-state index contributed by atoms with van der Waals surface area (Å²) in [6.45, 7) is 4.79. The van der Waals surface area contributed by atoms with Crippen molar-refractivity contribution in [1.29, 1.82) is 0 Å². The second-order valence-electron chi connectivity index (χ2n) is 5.18. The summed E-state index contributed by atoms with van der Waals surface area (Å²) in [5, 5.41) is 6.12. The Balaban J connectivity index is 1.78. The minimum atomic E-state index is 0.00537. The van der Waals surface area contributed by atoms with Gasteiger partial charge < -0.3 is 10.6 Å². The molecule has 1 atom stereocenters. The number of nitrogens with one attached hydrogen (secondary N) is 2. The Labute approximate surface area is 110 Å². The van der Waals surface area contributed by atoms with E-state index in [1.54, 1.807) is 0 Å². The highest BCUT2D eigenvalue weighted by atomic mass is 79.9. The van der Waals surface area contributed by atoms with Crippen LogP contribution in [-0.4, -0.2) is 18.5 Å². The topological polar surface area (TPSA) is 41.1 Å². The predicted octanol–water partition coefficient (Wildman–Crippen LogP) is 2.78. The lowest BCUT2D eigenvalue weighted by Gasteiger charge is -2.08. The van der Waals surface area contributed by atoms with Crippen LogP contribution < -0.4 is 10.6 Å². The van der Waals surface area contributed by atoms with Gasteiger partial charge in [-0.15, -0.1) is 0 Å². The molecule has 92 valence electrons. The Kier molecular flexibility index (Phi) is 3.54. The van der Waals surface area contributed by atoms with Crippen LogP contribution in [0.15, 0.2) is 28.7 Å². The van der Waals surface area contributed by atoms with Crippen LogP contribution in [0.5, 0.6) is 0 Å². The first-order valence-electron chi connectivity index (χ1n) is 5.76. The zero-order chi connectivity index (χ0) is 12.5. The summed E-state index contributed by atoms with van der Waals surface area (Å²) in [7, 11) is 0. The van der Waals surface area contributed by atoms with Crippen LogP contribution in [0.2, 0.25) is 0 Å². The molecule has 1 aliphatic carbocycles. The molecule has 0 heterocycles. The average molecular weight is 297 g/mol. The van der Waals surface area contributed by atoms with Crippen molar-refractivity contribution in [3.8, 4) is 0 Å². The molecule has 0 radical (unpaired) electrons. The molecular weight excluding hydrogens is 280 g/mol. The quantitative estimate of drug-likeness (QED) is 0.897. The van der Waals surface area contributed by atoms with Gasteiger partial charge in [-0.05, 0) is 30.0 Å². The zero-order valence-electron chi connectivity index (χ0n) is 10.1. The highest BCUT2D eigenvalue weighted by Crippen LogP contribution is 2.44. The summed E-state index contributed by atoms with van der Waals surface area (Å²) in [6.07, 6.45) is 1.15. The van der Waals surface area contributed by atoms with Gasteiger partial charge in [-0.2, -0.15) is 0 Å². The van der Waals surface area contributed by atoms with E-state index in [-0.39, 0.29) is 5.91 Å². The largest absolute Gasteiger partial charge is 0.325 e. The summed E-state index contributed by atoms with van der Waals surface area (Å²) in [5.41, 5.74) is 1.18. The normalized spacial score (nSPS) is 21.0. The fraction of sp³-hybridized carbons (Fsp3) is 0.462. The van der Waals surface area contributed by atoms with Gasteiger partial charge in [0.05, 0.1) is 6.54 Å². The van der Waals surface area contributed by atoms with Crippen LogP contribution >= 0.6 is 15.9 Å². The summed E-state index contributed by atoms with van der Waals surface area (Å²) < 4.78 is 0.964. The van der Waals surface area contributed by atoms with Crippen LogP contribution in [0, 0.1) is 5.41 Å². The average Bonchev–Trinajstić information content (AvgIpc) is 2.84. The third kappa shape index (κ3) is 3.54. The maximum atomic E-state index is 11.7. The van der Waals surface area contributed by atoms with Crippen LogP contribution in [0.1, 0.15) is 20.3 Å². The maximum Gasteiger partial charge on any atom is 0.238 e. The fourth-order valence-electron chi connectivity index (χ4n) is 1.80. The standard InChI is InChI=1S/C13H17BrN2O/c1-13(2)7-11(13)15-8-12(17)16-10-5-3-4-9(14)6-10/h3-6,11,15H,7-8H2,1-2H3,(H,16,17). The van der Waals surface area contributed by atoms with Crippen molar-refractivity contribution in [2.45, 2.75) is 26.3 Å². The summed E-state index contributed by atoms with van der Waals surface area (Å²) >= 11 is 3.37. The number of benzene rings is 1. The van der Waals surface area contributed by atoms with Crippen LogP contribution in [0.4, 0.5) is 5.69 Å². The third-order valence-electron chi connectivity index (χ3n) is 3.13. The van der Waals surface area contributed by atoms with Crippen molar-refractivity contribution < 1.29 is 4.79 Å². The fourth-order valence-corrected chi connectivity index (χ4v) is 2.20. The van der Waals surface area contributed by atoms with Gasteiger partial charge in [0, 0.05) is 16.2 Å². The van der Waals surface area contributed by atoms with E-state index in [2.05, 4.69) is 40.4 Å². The van der Waals surface area contributed by atoms with Crippen molar-refractivity contribution in [1.82, 2.24) is 5.32 Å². The van der Waals surface area contributed by atoms with Crippen molar-refractivity contribution in [3.05, 3.63) is 28.7 Å². The lowest BCUT2D eigenvalue weighted by molar-refractivity contribution is -0.115. The monoisotopic (exact) mass is 296 g/mol. The maximum absolute atomic E-state index is 11.7. The summed E-state index contributed by atoms with van der Waals surface area (Å²) in [4.78, 5) is 11.7. The van der Waals surface area contributed by atoms with Gasteiger partial charge >= 0.3 is 0 Å². The van der Waals surface area contributed by atoms with Crippen LogP contribution in [0.3, 0.4) is 0 Å². The number of anilines is 1. The Morgan fingerprint density at radius 2 is 2.24 bits per heavy atom. The molecular formula is C13H17BrN2O. The molecule has 17 heavy (non-hydrogen) atoms. The molecule has 1 aromatic rings. The molecule has 1 aromatic carbocycles. The van der Waals surface area contributed by atoms with E-state index in [1.165, 1.54) is 0 Å². The molecule has 0 aromatic heterocycles. The lowest BCUT2D eigenvalue weighted by Crippen LogP contribution is -2.31. The molecule has 3 nitrogen and oxygen atoms in total. The van der Waals surface area contributed by atoms with Gasteiger partial charge in [0.1, 0.15) is 0 Å². The molecule has 1 amide bonds. The van der Waals surface area contributed by atoms with Gasteiger partial charge in [0.25, 0.3) is 0 Å². The van der Waals surface area contributed by atoms with Crippen molar-refractivity contribution in [2.75, 3.05) is 11.9 Å². The van der Waals surface area contributed by atoms with Crippen molar-refractivity contribution in [2.24, 2.45) is 5.41 Å². The molecule has 0 spiro atoms. The van der Waals surface area contributed by atoms with Gasteiger partial charge in [0.2, 0.25) is 5.91 Å². The first-order valence-corrected chi connectivity index (χ1v) is 6.55. The minimum Gasteiger partial charge on any atom is -0.325 e. The number of carbonyl (C=O) groups is 1. The molecule has 1 fully saturated rings. The Morgan fingerprint density at radius 3 is 2.82 bits per heavy atom. The predicted molar refractivity (Wildman–Crippen MR) is 73.0 cm³/mol. The third-order valence-corrected chi connectivity index (χ3v) is 3.62. The first kappa shape index (κ1) is 12.6. The molecule has 2 N–H and O–H groups in total. The van der Waals surface area contributed by atoms with E-state index in [0.29, 0.717) is 18.0 Å². The molecule has 0 aliphatic heterocycles. The molecule has 1 saturated carbocycles. The number of carbonyl (C=O) groups excluding carboxylic acids is 1. The smallest absolute Gasteiger partial charge is 0.238 e. The van der Waals surface area contributed by atoms with Crippen molar-refractivity contribution >= 4 is 27.5 Å². The summed E-state index contributed by atoms with van der Waals surface area (Å²) in [5.74, 6) is 0.00537. The van der Waals surface area contributed by atoms with Gasteiger partial charge in [-0.3, -0.25) is 4.79 Å². The second-order valence-corrected chi connectivity index (χ2v) is 6.10. The van der Waals surface area contributed by atoms with E-state index < -0.39 is 0 Å². The lowest BCUT2D eigenvalue weighted by atomic mass is 10.2. The molecule has 0 saturated heterocycles. The van der Waals surface area contributed by atoms with Crippen LogP contribution in [-0.2, 0) is 4.79 Å². The van der Waals surface area contributed by atoms with E-state index in [4.69, 9.17) is 0 Å². The van der Waals surface area contributed by atoms with E-state index in [0.717, 1.165) is 16.6 Å². The van der Waals surface area contributed by atoms with Crippen LogP contribution in [0.25, 0.3) is 0 Å². The second kappa shape index (κ2) is 4.78. The first-order chi connectivity index (χ1) is 7.97. The van der Waals surface area contributed by atoms with E-state index in [9.17, 15) is 4.79 Å². The minimum absolute atomic E-state index is 0.00537. The number of amides is 1. The summed E-state index contributed by atoms with van der Waals surface area (Å²) in [6, 6.07) is 8.08. The molecule has 2 rings (SSSR count). The molecule has 4 heteroatoms. The Bertz CT molecular complexity index is 431. The molecule has 1 aliphatic rings. The number of hydrogen-bond acceptors (Lipinski definition) is 2. The highest BCUT2D eigenvalue weighted by Gasteiger charge is 2.45. The zero-order valence-corrected chi connectivity index (χ0v) is 11.7. The van der Waals surface area contributed by atoms with Gasteiger partial charge in [0.15, 0.2) is 0 Å². The van der Waals surface area contributed by atoms with Gasteiger partial charge in [-0.25, -0.2) is 0 Å². The molecule has 0 bridgehead atoms. The Hall–Kier alpha value is -0.870. The number of rotatable bonds is 4. The Morgan fingerprint density at radius 1 is 1.53 bits per heavy atom. The number of hydrogen-bond donors (Lipinski definition) is 2. The van der Waals surface area contributed by atoms with Crippen molar-refractivity contribution in [3.63, 3.8) is 0 Å². The van der Waals surface area contributed by atoms with E-state index in [1.807, 2.05) is 24.3 Å². The number of halogens is 1. The molecule has 1 unspecified atom stereocenters. The van der Waals surface area contributed by atoms with E-state index >= 15 is 0 Å². The highest BCUT2D eigenvalue weighted by molar-refractivity contribution is 9.10. The van der Waals surface area contributed by atoms with Gasteiger partial charge in [-0.1, -0.05) is 35.8 Å².